The van der Waals surface area contributed by atoms with E-state index in [2.05, 4.69) is 20.5 Å². The molecule has 18 heavy (non-hydrogen) atoms. The fraction of sp³-hybridized carbons (Fsp3) is 0. The predicted octanol–water partition coefficient (Wildman–Crippen LogP) is 2.68. The van der Waals surface area contributed by atoms with Crippen molar-refractivity contribution in [1.29, 1.82) is 0 Å². The van der Waals surface area contributed by atoms with Crippen LogP contribution in [0.2, 0.25) is 5.02 Å². The van der Waals surface area contributed by atoms with Gasteiger partial charge in [0.25, 0.3) is 0 Å². The molecule has 0 aliphatic carbocycles. The van der Waals surface area contributed by atoms with Crippen molar-refractivity contribution in [3.05, 3.63) is 38.1 Å². The summed E-state index contributed by atoms with van der Waals surface area (Å²) in [5, 5.41) is 0.574. The summed E-state index contributed by atoms with van der Waals surface area (Å²) < 4.78 is 20.4. The van der Waals surface area contributed by atoms with Gasteiger partial charge in [-0.2, -0.15) is 0 Å². The summed E-state index contributed by atoms with van der Waals surface area (Å²) in [4.78, 5) is 28.5. The summed E-state index contributed by atoms with van der Waals surface area (Å²) in [5.41, 5.74) is -0.613. The Bertz CT molecular complexity index is 721. The second-order valence-electron chi connectivity index (χ2n) is 3.27. The average molecular weight is 355 g/mol. The number of rotatable bonds is 2. The number of hydrogen-bond acceptors (Lipinski definition) is 4. The van der Waals surface area contributed by atoms with Crippen molar-refractivity contribution in [1.82, 2.24) is 0 Å². The number of phosphoric acid groups is 1. The van der Waals surface area contributed by atoms with Gasteiger partial charge in [-0.25, -0.2) is 9.36 Å². The molecule has 0 spiro atoms. The van der Waals surface area contributed by atoms with Crippen LogP contribution >= 0.6 is 35.4 Å². The van der Waals surface area contributed by atoms with E-state index in [4.69, 9.17) is 25.8 Å². The summed E-state index contributed by atoms with van der Waals surface area (Å²) in [6.45, 7) is 0. The van der Waals surface area contributed by atoms with Gasteiger partial charge in [-0.15, -0.1) is 0 Å². The van der Waals surface area contributed by atoms with Gasteiger partial charge in [-0.1, -0.05) is 11.6 Å². The maximum Gasteiger partial charge on any atom is 0.524 e. The Morgan fingerprint density at radius 3 is 2.61 bits per heavy atom. The molecule has 0 saturated heterocycles. The normalized spacial score (nSPS) is 11.8. The zero-order valence-corrected chi connectivity index (χ0v) is 11.7. The van der Waals surface area contributed by atoms with Gasteiger partial charge in [0.1, 0.15) is 11.3 Å². The lowest BCUT2D eigenvalue weighted by Crippen LogP contribution is -1.97. The molecule has 0 unspecified atom stereocenters. The molecule has 2 rings (SSSR count). The highest BCUT2D eigenvalue weighted by atomic mass is 79.9. The summed E-state index contributed by atoms with van der Waals surface area (Å²) in [6, 6.07) is 3.58. The fourth-order valence-electron chi connectivity index (χ4n) is 1.37. The highest BCUT2D eigenvalue weighted by Gasteiger charge is 2.18. The Kier molecular flexibility index (Phi) is 3.53. The van der Waals surface area contributed by atoms with E-state index in [1.165, 1.54) is 12.1 Å². The smallest absolute Gasteiger partial charge is 0.422 e. The molecule has 1 aromatic heterocycles. The van der Waals surface area contributed by atoms with Crippen LogP contribution in [-0.2, 0) is 4.57 Å². The first-order valence-corrected chi connectivity index (χ1v) is 7.14. The Morgan fingerprint density at radius 2 is 2.00 bits per heavy atom. The van der Waals surface area contributed by atoms with E-state index < -0.39 is 13.4 Å². The van der Waals surface area contributed by atoms with Crippen LogP contribution in [0, 0.1) is 0 Å². The Labute approximate surface area is 114 Å². The fourth-order valence-corrected chi connectivity index (χ4v) is 2.79. The number of hydrogen-bond donors (Lipinski definition) is 2. The molecule has 0 bridgehead atoms. The highest BCUT2D eigenvalue weighted by molar-refractivity contribution is 9.10. The first kappa shape index (κ1) is 13.6. The molecule has 2 N–H and O–H groups in total. The van der Waals surface area contributed by atoms with Crippen molar-refractivity contribution >= 4 is 46.3 Å². The highest BCUT2D eigenvalue weighted by Crippen LogP contribution is 2.41. The van der Waals surface area contributed by atoms with Gasteiger partial charge in [-0.3, -0.25) is 9.79 Å². The lowest BCUT2D eigenvalue weighted by molar-refractivity contribution is 0.283. The molecule has 2 aromatic rings. The van der Waals surface area contributed by atoms with Gasteiger partial charge in [0.15, 0.2) is 0 Å². The van der Waals surface area contributed by atoms with Crippen LogP contribution in [-0.4, -0.2) is 9.79 Å². The molecule has 0 radical (unpaired) electrons. The van der Waals surface area contributed by atoms with E-state index >= 15 is 0 Å². The lowest BCUT2D eigenvalue weighted by Gasteiger charge is -2.08. The number of fused-ring (bicyclic) bond motifs is 1. The zero-order valence-electron chi connectivity index (χ0n) is 8.46. The third kappa shape index (κ3) is 2.93. The van der Waals surface area contributed by atoms with Crippen molar-refractivity contribution in [2.75, 3.05) is 0 Å². The minimum atomic E-state index is -4.68. The molecule has 0 saturated carbocycles. The van der Waals surface area contributed by atoms with Crippen LogP contribution in [0.3, 0.4) is 0 Å². The van der Waals surface area contributed by atoms with Gasteiger partial charge in [0.2, 0.25) is 0 Å². The molecule has 6 nitrogen and oxygen atoms in total. The maximum atomic E-state index is 11.2. The van der Waals surface area contributed by atoms with Crippen LogP contribution in [0.1, 0.15) is 0 Å². The number of benzene rings is 1. The predicted molar refractivity (Wildman–Crippen MR) is 67.9 cm³/mol. The van der Waals surface area contributed by atoms with Crippen molar-refractivity contribution < 1.29 is 23.3 Å². The largest absolute Gasteiger partial charge is 0.524 e. The van der Waals surface area contributed by atoms with Gasteiger partial charge in [-0.05, 0) is 22.0 Å². The molecule has 0 aliphatic heterocycles. The first-order valence-electron chi connectivity index (χ1n) is 4.44. The SMILES string of the molecule is O=c1cc(Cl)c2c(Br)cc(OP(=O)(O)O)cc2o1. The van der Waals surface area contributed by atoms with Crippen molar-refractivity contribution in [3.63, 3.8) is 0 Å². The van der Waals surface area contributed by atoms with Crippen LogP contribution in [0.5, 0.6) is 5.75 Å². The second kappa shape index (κ2) is 4.68. The van der Waals surface area contributed by atoms with Gasteiger partial charge >= 0.3 is 13.4 Å². The van der Waals surface area contributed by atoms with E-state index in [0.717, 1.165) is 6.07 Å². The maximum absolute atomic E-state index is 11.2. The van der Waals surface area contributed by atoms with Crippen molar-refractivity contribution in [2.45, 2.75) is 0 Å². The summed E-state index contributed by atoms with van der Waals surface area (Å²) in [6.07, 6.45) is 0. The molecule has 96 valence electrons. The third-order valence-electron chi connectivity index (χ3n) is 1.95. The molecule has 0 atom stereocenters. The zero-order chi connectivity index (χ0) is 13.5. The molecule has 9 heteroatoms. The van der Waals surface area contributed by atoms with E-state index in [0.29, 0.717) is 9.86 Å². The molecule has 1 aromatic carbocycles. The molecule has 1 heterocycles. The second-order valence-corrected chi connectivity index (χ2v) is 5.70. The van der Waals surface area contributed by atoms with Crippen LogP contribution in [0.15, 0.2) is 31.9 Å². The molecule has 0 fully saturated rings. The standard InChI is InChI=1S/C9H5BrClO6P/c10-5-1-4(17-18(13,14)15)2-7-9(5)6(11)3-8(12)16-7/h1-3H,(H2,13,14,15). The Morgan fingerprint density at radius 1 is 1.33 bits per heavy atom. The molecular formula is C9H5BrClO6P. The van der Waals surface area contributed by atoms with Crippen molar-refractivity contribution in [2.24, 2.45) is 0 Å². The van der Waals surface area contributed by atoms with E-state index in [-0.39, 0.29) is 16.4 Å². The topological polar surface area (TPSA) is 97.0 Å². The summed E-state index contributed by atoms with van der Waals surface area (Å²) in [5.74, 6) is -0.145. The lowest BCUT2D eigenvalue weighted by atomic mass is 10.2. The quantitative estimate of drug-likeness (QED) is 0.635. The Balaban J connectivity index is 2.69. The van der Waals surface area contributed by atoms with E-state index in [9.17, 15) is 9.36 Å². The first-order chi connectivity index (χ1) is 8.26. The third-order valence-corrected chi connectivity index (χ3v) is 3.32. The number of halogens is 2. The minimum Gasteiger partial charge on any atom is -0.422 e. The monoisotopic (exact) mass is 354 g/mol. The molecular weight excluding hydrogens is 350 g/mol. The van der Waals surface area contributed by atoms with Gasteiger partial charge < -0.3 is 8.94 Å². The van der Waals surface area contributed by atoms with Crippen molar-refractivity contribution in [3.8, 4) is 5.75 Å². The number of phosphoric ester groups is 1. The Hall–Kier alpha value is -0.850. The minimum absolute atomic E-state index is 0.0605. The molecule has 0 aliphatic rings. The van der Waals surface area contributed by atoms with Crippen LogP contribution in [0.4, 0.5) is 0 Å². The average Bonchev–Trinajstić information content (AvgIpc) is 2.11. The van der Waals surface area contributed by atoms with E-state index in [1.807, 2.05) is 0 Å². The van der Waals surface area contributed by atoms with Crippen LogP contribution in [0.25, 0.3) is 11.0 Å². The summed E-state index contributed by atoms with van der Waals surface area (Å²) in [7, 11) is -4.68. The van der Waals surface area contributed by atoms with Crippen LogP contribution < -0.4 is 10.1 Å². The van der Waals surface area contributed by atoms with Gasteiger partial charge in [0.05, 0.1) is 10.4 Å². The van der Waals surface area contributed by atoms with Gasteiger partial charge in [0, 0.05) is 16.6 Å². The van der Waals surface area contributed by atoms with E-state index in [1.54, 1.807) is 0 Å². The molecule has 0 amide bonds. The summed E-state index contributed by atoms with van der Waals surface area (Å²) >= 11 is 9.02.